The zero-order valence-electron chi connectivity index (χ0n) is 22.0. The molecule has 0 unspecified atom stereocenters. The highest BCUT2D eigenvalue weighted by Gasteiger charge is 2.18. The van der Waals surface area contributed by atoms with Gasteiger partial charge >= 0.3 is 0 Å². The van der Waals surface area contributed by atoms with Crippen LogP contribution in [0.5, 0.6) is 0 Å². The van der Waals surface area contributed by atoms with Crippen LogP contribution < -0.4 is 0 Å². The SMILES string of the molecule is c1ccc(-n2c3ccccc3c3sc4ccc(-c5cccc(-c6cccc7sc8ccccc8c67)c5)cc4c32)cc1. The molecule has 3 heteroatoms. The molecule has 0 saturated carbocycles. The van der Waals surface area contributed by atoms with Gasteiger partial charge in [-0.1, -0.05) is 91.0 Å². The Balaban J connectivity index is 1.26. The second kappa shape index (κ2) is 8.90. The summed E-state index contributed by atoms with van der Waals surface area (Å²) in [6.07, 6.45) is 0. The van der Waals surface area contributed by atoms with Gasteiger partial charge in [-0.2, -0.15) is 0 Å². The standard InChI is InChI=1S/C38H23NS2/c1-2-12-27(13-3-1)39-32-17-6-4-14-29(32)38-37(39)31-23-25(20-21-34(31)41-38)24-10-8-11-26(22-24)28-16-9-19-35-36(28)30-15-5-7-18-33(30)40-35/h1-23H. The smallest absolute Gasteiger partial charge is 0.0727 e. The molecule has 0 aliphatic rings. The molecule has 0 bridgehead atoms. The van der Waals surface area contributed by atoms with Gasteiger partial charge in [0, 0.05) is 41.3 Å². The lowest BCUT2D eigenvalue weighted by Crippen LogP contribution is -1.92. The molecular weight excluding hydrogens is 535 g/mol. The van der Waals surface area contributed by atoms with E-state index in [1.54, 1.807) is 0 Å². The Morgan fingerprint density at radius 3 is 2.07 bits per heavy atom. The summed E-state index contributed by atoms with van der Waals surface area (Å²) in [6, 6.07) is 51.0. The molecule has 0 amide bonds. The van der Waals surface area contributed by atoms with Gasteiger partial charge in [-0.3, -0.25) is 0 Å². The molecule has 1 nitrogen and oxygen atoms in total. The number of para-hydroxylation sites is 2. The molecule has 192 valence electrons. The summed E-state index contributed by atoms with van der Waals surface area (Å²) in [5.41, 5.74) is 8.78. The van der Waals surface area contributed by atoms with Crippen LogP contribution in [0.2, 0.25) is 0 Å². The van der Waals surface area contributed by atoms with Gasteiger partial charge in [-0.15, -0.1) is 22.7 Å². The maximum Gasteiger partial charge on any atom is 0.0727 e. The van der Waals surface area contributed by atoms with E-state index in [1.165, 1.54) is 79.3 Å². The fourth-order valence-corrected chi connectivity index (χ4v) is 8.71. The lowest BCUT2D eigenvalue weighted by molar-refractivity contribution is 1.19. The highest BCUT2D eigenvalue weighted by atomic mass is 32.1. The van der Waals surface area contributed by atoms with Crippen LogP contribution in [0.1, 0.15) is 0 Å². The fraction of sp³-hybridized carbons (Fsp3) is 0. The minimum absolute atomic E-state index is 1.20. The van der Waals surface area contributed by atoms with Crippen LogP contribution >= 0.6 is 22.7 Å². The summed E-state index contributed by atoms with van der Waals surface area (Å²) in [7, 11) is 0. The Labute approximate surface area is 245 Å². The monoisotopic (exact) mass is 557 g/mol. The Morgan fingerprint density at radius 2 is 1.15 bits per heavy atom. The first-order valence-electron chi connectivity index (χ1n) is 13.9. The van der Waals surface area contributed by atoms with Crippen molar-refractivity contribution >= 4 is 74.1 Å². The molecule has 0 radical (unpaired) electrons. The maximum atomic E-state index is 2.44. The molecule has 3 heterocycles. The van der Waals surface area contributed by atoms with Gasteiger partial charge in [0.25, 0.3) is 0 Å². The summed E-state index contributed by atoms with van der Waals surface area (Å²) >= 11 is 3.77. The average molecular weight is 558 g/mol. The van der Waals surface area contributed by atoms with E-state index < -0.39 is 0 Å². The van der Waals surface area contributed by atoms with Gasteiger partial charge in [0.2, 0.25) is 0 Å². The Bertz CT molecular complexity index is 2420. The quantitative estimate of drug-likeness (QED) is 0.204. The van der Waals surface area contributed by atoms with Crippen LogP contribution in [-0.2, 0) is 0 Å². The van der Waals surface area contributed by atoms with Gasteiger partial charge in [0.15, 0.2) is 0 Å². The van der Waals surface area contributed by atoms with Gasteiger partial charge in [0.05, 0.1) is 15.7 Å². The molecule has 9 aromatic rings. The third-order valence-electron chi connectivity index (χ3n) is 8.20. The van der Waals surface area contributed by atoms with Crippen LogP contribution in [-0.4, -0.2) is 4.57 Å². The van der Waals surface area contributed by atoms with Crippen molar-refractivity contribution in [3.05, 3.63) is 140 Å². The number of thiophene rings is 2. The van der Waals surface area contributed by atoms with Gasteiger partial charge in [0.1, 0.15) is 0 Å². The molecule has 0 saturated heterocycles. The number of benzene rings is 6. The highest BCUT2D eigenvalue weighted by molar-refractivity contribution is 7.27. The average Bonchev–Trinajstić information content (AvgIpc) is 3.70. The topological polar surface area (TPSA) is 4.93 Å². The normalized spacial score (nSPS) is 11.9. The van der Waals surface area contributed by atoms with Crippen LogP contribution in [0.25, 0.3) is 79.3 Å². The van der Waals surface area contributed by atoms with E-state index in [9.17, 15) is 0 Å². The molecule has 0 aliphatic heterocycles. The van der Waals surface area contributed by atoms with Crippen molar-refractivity contribution in [2.75, 3.05) is 0 Å². The number of aromatic nitrogens is 1. The third kappa shape index (κ3) is 3.46. The van der Waals surface area contributed by atoms with E-state index in [2.05, 4.69) is 144 Å². The van der Waals surface area contributed by atoms with E-state index in [-0.39, 0.29) is 0 Å². The summed E-state index contributed by atoms with van der Waals surface area (Å²) in [5.74, 6) is 0. The van der Waals surface area contributed by atoms with Gasteiger partial charge < -0.3 is 4.57 Å². The van der Waals surface area contributed by atoms with Crippen LogP contribution in [0, 0.1) is 0 Å². The molecule has 0 N–H and O–H groups in total. The molecule has 0 spiro atoms. The lowest BCUT2D eigenvalue weighted by Gasteiger charge is -2.10. The highest BCUT2D eigenvalue weighted by Crippen LogP contribution is 2.44. The Morgan fingerprint density at radius 1 is 0.439 bits per heavy atom. The zero-order chi connectivity index (χ0) is 26.9. The lowest BCUT2D eigenvalue weighted by atomic mass is 9.95. The van der Waals surface area contributed by atoms with Crippen molar-refractivity contribution in [2.45, 2.75) is 0 Å². The van der Waals surface area contributed by atoms with Crippen molar-refractivity contribution in [3.63, 3.8) is 0 Å². The van der Waals surface area contributed by atoms with Crippen LogP contribution in [0.15, 0.2) is 140 Å². The van der Waals surface area contributed by atoms with Gasteiger partial charge in [-0.25, -0.2) is 0 Å². The van der Waals surface area contributed by atoms with Crippen molar-refractivity contribution in [1.29, 1.82) is 0 Å². The minimum atomic E-state index is 1.20. The number of fused-ring (bicyclic) bond motifs is 8. The van der Waals surface area contributed by atoms with E-state index >= 15 is 0 Å². The first-order chi connectivity index (χ1) is 20.3. The second-order valence-corrected chi connectivity index (χ2v) is 12.7. The van der Waals surface area contributed by atoms with Crippen molar-refractivity contribution in [3.8, 4) is 27.9 Å². The van der Waals surface area contributed by atoms with E-state index in [1.807, 2.05) is 22.7 Å². The molecule has 0 aliphatic carbocycles. The number of nitrogens with zero attached hydrogens (tertiary/aromatic N) is 1. The van der Waals surface area contributed by atoms with E-state index in [0.29, 0.717) is 0 Å². The van der Waals surface area contributed by atoms with Crippen molar-refractivity contribution in [1.82, 2.24) is 4.57 Å². The molecule has 0 atom stereocenters. The predicted molar refractivity (Wildman–Crippen MR) is 180 cm³/mol. The van der Waals surface area contributed by atoms with E-state index in [0.717, 1.165) is 0 Å². The van der Waals surface area contributed by atoms with Crippen LogP contribution in [0.3, 0.4) is 0 Å². The Kier molecular flexibility index (Phi) is 5.00. The molecular formula is C38H23NS2. The molecule has 0 fully saturated rings. The predicted octanol–water partition coefficient (Wildman–Crippen LogP) is 11.7. The van der Waals surface area contributed by atoms with Crippen LogP contribution in [0.4, 0.5) is 0 Å². The third-order valence-corrected chi connectivity index (χ3v) is 10.5. The molecule has 3 aromatic heterocycles. The fourth-order valence-electron chi connectivity index (χ4n) is 6.38. The largest absolute Gasteiger partial charge is 0.308 e. The summed E-state index contributed by atoms with van der Waals surface area (Å²) in [4.78, 5) is 0. The molecule has 9 rings (SSSR count). The first kappa shape index (κ1) is 23.0. The number of rotatable bonds is 3. The summed E-state index contributed by atoms with van der Waals surface area (Å²) in [5, 5.41) is 5.31. The Hall–Kier alpha value is -4.70. The van der Waals surface area contributed by atoms with Crippen molar-refractivity contribution < 1.29 is 0 Å². The zero-order valence-corrected chi connectivity index (χ0v) is 23.7. The van der Waals surface area contributed by atoms with Gasteiger partial charge in [-0.05, 0) is 70.8 Å². The molecule has 41 heavy (non-hydrogen) atoms. The number of hydrogen-bond donors (Lipinski definition) is 0. The summed E-state index contributed by atoms with van der Waals surface area (Å²) < 4.78 is 7.78. The summed E-state index contributed by atoms with van der Waals surface area (Å²) in [6.45, 7) is 0. The van der Waals surface area contributed by atoms with Crippen molar-refractivity contribution in [2.24, 2.45) is 0 Å². The number of hydrogen-bond acceptors (Lipinski definition) is 2. The minimum Gasteiger partial charge on any atom is -0.308 e. The maximum absolute atomic E-state index is 2.44. The van der Waals surface area contributed by atoms with E-state index in [4.69, 9.17) is 0 Å². The molecule has 6 aromatic carbocycles. The second-order valence-electron chi connectivity index (χ2n) is 10.5. The first-order valence-corrected chi connectivity index (χ1v) is 15.5.